The second-order valence-electron chi connectivity index (χ2n) is 10.6. The largest absolute Gasteiger partial charge is 0.343 e. The Morgan fingerprint density at radius 3 is 1.86 bits per heavy atom. The van der Waals surface area contributed by atoms with Crippen LogP contribution in [0.3, 0.4) is 0 Å². The molecule has 5 nitrogen and oxygen atoms in total. The predicted octanol–water partition coefficient (Wildman–Crippen LogP) is 5.90. The average molecular weight is 531 g/mol. The van der Waals surface area contributed by atoms with E-state index < -0.39 is 0 Å². The number of rotatable bonds is 6. The molecule has 7 heteroatoms. The first-order valence-electron chi connectivity index (χ1n) is 13.0. The van der Waals surface area contributed by atoms with Gasteiger partial charge in [-0.05, 0) is 60.1 Å². The van der Waals surface area contributed by atoms with Crippen molar-refractivity contribution in [1.29, 1.82) is 0 Å². The highest BCUT2D eigenvalue weighted by Crippen LogP contribution is 2.34. The first-order chi connectivity index (χ1) is 17.2. The number of carbonyl (C=O) groups is 2. The summed E-state index contributed by atoms with van der Waals surface area (Å²) in [6.07, 6.45) is 2.40. The number of piperidine rings is 1. The van der Waals surface area contributed by atoms with E-state index in [9.17, 15) is 9.59 Å². The van der Waals surface area contributed by atoms with E-state index in [1.54, 1.807) is 6.92 Å². The molecule has 2 fully saturated rings. The molecule has 2 aromatic carbocycles. The van der Waals surface area contributed by atoms with E-state index in [0.29, 0.717) is 24.8 Å². The summed E-state index contributed by atoms with van der Waals surface area (Å²) in [6, 6.07) is 16.4. The van der Waals surface area contributed by atoms with Gasteiger partial charge in [0.15, 0.2) is 0 Å². The lowest BCUT2D eigenvalue weighted by molar-refractivity contribution is -0.139. The second kappa shape index (κ2) is 12.0. The summed E-state index contributed by atoms with van der Waals surface area (Å²) in [5.74, 6) is 1.08. The van der Waals surface area contributed by atoms with Crippen LogP contribution < -0.4 is 0 Å². The van der Waals surface area contributed by atoms with Gasteiger partial charge in [0.25, 0.3) is 0 Å². The van der Waals surface area contributed by atoms with E-state index in [0.717, 1.165) is 49.1 Å². The standard InChI is InChI=1S/C29H37Cl2N3O2/c1-20(2)27-19-33(16-17-34(27)28(36)18-22-12-14-32(15-13-22)21(3)35)29(23-4-8-25(30)9-5-23)24-6-10-26(31)11-7-24/h4-11,20,22,27,29H,12-19H2,1-3H3. The van der Waals surface area contributed by atoms with Gasteiger partial charge in [-0.25, -0.2) is 0 Å². The minimum Gasteiger partial charge on any atom is -0.343 e. The lowest BCUT2D eigenvalue weighted by Gasteiger charge is -2.47. The monoisotopic (exact) mass is 529 g/mol. The molecule has 2 aromatic rings. The zero-order chi connectivity index (χ0) is 25.8. The Morgan fingerprint density at radius 1 is 0.861 bits per heavy atom. The van der Waals surface area contributed by atoms with Gasteiger partial charge in [-0.15, -0.1) is 0 Å². The third-order valence-electron chi connectivity index (χ3n) is 7.80. The summed E-state index contributed by atoms with van der Waals surface area (Å²) in [5, 5.41) is 1.44. The minimum atomic E-state index is 0.0638. The number of piperazine rings is 1. The van der Waals surface area contributed by atoms with Crippen molar-refractivity contribution in [2.75, 3.05) is 32.7 Å². The van der Waals surface area contributed by atoms with Crippen molar-refractivity contribution in [3.05, 3.63) is 69.7 Å². The maximum absolute atomic E-state index is 13.5. The number of hydrogen-bond acceptors (Lipinski definition) is 3. The van der Waals surface area contributed by atoms with E-state index in [1.165, 1.54) is 11.1 Å². The van der Waals surface area contributed by atoms with Gasteiger partial charge in [-0.1, -0.05) is 61.3 Å². The highest BCUT2D eigenvalue weighted by atomic mass is 35.5. The average Bonchev–Trinajstić information content (AvgIpc) is 2.86. The molecule has 2 amide bonds. The Hall–Kier alpha value is -2.08. The van der Waals surface area contributed by atoms with Gasteiger partial charge in [0.2, 0.25) is 11.8 Å². The molecule has 4 rings (SSSR count). The van der Waals surface area contributed by atoms with Gasteiger partial charge in [0.05, 0.1) is 6.04 Å². The molecule has 2 saturated heterocycles. The fourth-order valence-electron chi connectivity index (χ4n) is 5.67. The molecular weight excluding hydrogens is 493 g/mol. The fraction of sp³-hybridized carbons (Fsp3) is 0.517. The normalized spacial score (nSPS) is 19.8. The van der Waals surface area contributed by atoms with E-state index in [1.807, 2.05) is 29.2 Å². The van der Waals surface area contributed by atoms with Crippen molar-refractivity contribution in [3.63, 3.8) is 0 Å². The predicted molar refractivity (Wildman–Crippen MR) is 146 cm³/mol. The van der Waals surface area contributed by atoms with Crippen molar-refractivity contribution in [1.82, 2.24) is 14.7 Å². The van der Waals surface area contributed by atoms with Crippen LogP contribution in [0.4, 0.5) is 0 Å². The molecule has 194 valence electrons. The first-order valence-corrected chi connectivity index (χ1v) is 13.8. The molecule has 2 aliphatic rings. The SMILES string of the molecule is CC(=O)N1CCC(CC(=O)N2CCN(C(c3ccc(Cl)cc3)c3ccc(Cl)cc3)CC2C(C)C)CC1. The van der Waals surface area contributed by atoms with Crippen LogP contribution >= 0.6 is 23.2 Å². The van der Waals surface area contributed by atoms with E-state index in [-0.39, 0.29) is 23.9 Å². The summed E-state index contributed by atoms with van der Waals surface area (Å²) in [7, 11) is 0. The Kier molecular flexibility index (Phi) is 8.97. The topological polar surface area (TPSA) is 43.9 Å². The third-order valence-corrected chi connectivity index (χ3v) is 8.30. The Labute approximate surface area is 225 Å². The van der Waals surface area contributed by atoms with Crippen molar-refractivity contribution in [3.8, 4) is 0 Å². The van der Waals surface area contributed by atoms with Crippen LogP contribution in [0.2, 0.25) is 10.0 Å². The number of halogens is 2. The van der Waals surface area contributed by atoms with Gasteiger partial charge < -0.3 is 9.80 Å². The summed E-state index contributed by atoms with van der Waals surface area (Å²) >= 11 is 12.4. The van der Waals surface area contributed by atoms with Crippen molar-refractivity contribution < 1.29 is 9.59 Å². The Balaban J connectivity index is 1.49. The number of nitrogens with zero attached hydrogens (tertiary/aromatic N) is 3. The summed E-state index contributed by atoms with van der Waals surface area (Å²) in [4.78, 5) is 31.6. The molecular formula is C29H37Cl2N3O2. The van der Waals surface area contributed by atoms with Crippen molar-refractivity contribution in [2.45, 2.75) is 52.1 Å². The van der Waals surface area contributed by atoms with E-state index >= 15 is 0 Å². The Morgan fingerprint density at radius 2 is 1.39 bits per heavy atom. The van der Waals surface area contributed by atoms with Crippen molar-refractivity contribution >= 4 is 35.0 Å². The number of likely N-dealkylation sites (tertiary alicyclic amines) is 1. The van der Waals surface area contributed by atoms with Gasteiger partial charge >= 0.3 is 0 Å². The molecule has 0 N–H and O–H groups in total. The molecule has 1 unspecified atom stereocenters. The third kappa shape index (κ3) is 6.42. The van der Waals surface area contributed by atoms with Crippen LogP contribution in [-0.2, 0) is 9.59 Å². The van der Waals surface area contributed by atoms with E-state index in [4.69, 9.17) is 23.2 Å². The number of hydrogen-bond donors (Lipinski definition) is 0. The molecule has 0 saturated carbocycles. The number of benzene rings is 2. The summed E-state index contributed by atoms with van der Waals surface area (Å²) in [5.41, 5.74) is 2.36. The molecule has 0 spiro atoms. The van der Waals surface area contributed by atoms with Crippen LogP contribution in [0.15, 0.2) is 48.5 Å². The van der Waals surface area contributed by atoms with Crippen LogP contribution in [0.1, 0.15) is 57.2 Å². The smallest absolute Gasteiger partial charge is 0.223 e. The van der Waals surface area contributed by atoms with Crippen LogP contribution in [-0.4, -0.2) is 65.3 Å². The Bertz CT molecular complexity index is 988. The highest BCUT2D eigenvalue weighted by Gasteiger charge is 2.37. The zero-order valence-corrected chi connectivity index (χ0v) is 23.0. The first kappa shape index (κ1) is 27.0. The van der Waals surface area contributed by atoms with Crippen molar-refractivity contribution in [2.24, 2.45) is 11.8 Å². The quantitative estimate of drug-likeness (QED) is 0.467. The molecule has 0 radical (unpaired) electrons. The molecule has 1 atom stereocenters. The van der Waals surface area contributed by atoms with Crippen LogP contribution in [0.25, 0.3) is 0 Å². The fourth-order valence-corrected chi connectivity index (χ4v) is 5.92. The van der Waals surface area contributed by atoms with Gasteiger partial charge in [-0.3, -0.25) is 14.5 Å². The molecule has 0 aliphatic carbocycles. The highest BCUT2D eigenvalue weighted by molar-refractivity contribution is 6.30. The maximum Gasteiger partial charge on any atom is 0.223 e. The van der Waals surface area contributed by atoms with Crippen LogP contribution in [0, 0.1) is 11.8 Å². The van der Waals surface area contributed by atoms with Gasteiger partial charge in [-0.2, -0.15) is 0 Å². The zero-order valence-electron chi connectivity index (χ0n) is 21.5. The number of amides is 2. The number of carbonyl (C=O) groups excluding carboxylic acids is 2. The van der Waals surface area contributed by atoms with Gasteiger partial charge in [0, 0.05) is 62.2 Å². The molecule has 2 aliphatic heterocycles. The minimum absolute atomic E-state index is 0.0638. The lowest BCUT2D eigenvalue weighted by atomic mass is 9.90. The molecule has 36 heavy (non-hydrogen) atoms. The molecule has 2 heterocycles. The maximum atomic E-state index is 13.5. The molecule has 0 aromatic heterocycles. The lowest BCUT2D eigenvalue weighted by Crippen LogP contribution is -2.58. The van der Waals surface area contributed by atoms with Crippen LogP contribution in [0.5, 0.6) is 0 Å². The summed E-state index contributed by atoms with van der Waals surface area (Å²) in [6.45, 7) is 9.89. The van der Waals surface area contributed by atoms with Gasteiger partial charge in [0.1, 0.15) is 0 Å². The van der Waals surface area contributed by atoms with E-state index in [2.05, 4.69) is 47.9 Å². The second-order valence-corrected chi connectivity index (χ2v) is 11.4. The summed E-state index contributed by atoms with van der Waals surface area (Å²) < 4.78 is 0. The molecule has 0 bridgehead atoms.